The molecule has 0 aromatic heterocycles. The van der Waals surface area contributed by atoms with Gasteiger partial charge in [-0.05, 0) is 0 Å². The molecule has 3 heteroatoms. The molecule has 0 atom stereocenters. The maximum atomic E-state index is 4.82. The minimum Gasteiger partial charge on any atom is -0.485 e. The molecule has 1 aliphatic heterocycles. The summed E-state index contributed by atoms with van der Waals surface area (Å²) in [4.78, 5) is 3.84. The van der Waals surface area contributed by atoms with Crippen LogP contribution in [0, 0.1) is 0 Å². The molecule has 0 N–H and O–H groups in total. The highest BCUT2D eigenvalue weighted by atomic mass is 28.1. The summed E-state index contributed by atoms with van der Waals surface area (Å²) in [5, 5.41) is 0. The van der Waals surface area contributed by atoms with Crippen LogP contribution in [0.25, 0.3) is 0 Å². The normalized spacial score (nSPS) is 19.8. The van der Waals surface area contributed by atoms with Crippen LogP contribution < -0.4 is 0 Å². The number of ether oxygens (including phenoxy) is 1. The molecule has 1 rings (SSSR count). The Morgan fingerprint density at radius 3 is 2.83 bits per heavy atom. The van der Waals surface area contributed by atoms with E-state index in [1.807, 2.05) is 0 Å². The summed E-state index contributed by atoms with van der Waals surface area (Å²) >= 11 is 0. The van der Waals surface area contributed by atoms with Gasteiger partial charge >= 0.3 is 0 Å². The largest absolute Gasteiger partial charge is 0.485 e. The first-order chi connectivity index (χ1) is 2.89. The fourth-order valence-electron chi connectivity index (χ4n) is 0.335. The average Bonchev–Trinajstić information content (AvgIpc) is 1.86. The van der Waals surface area contributed by atoms with Crippen molar-refractivity contribution in [2.75, 3.05) is 13.2 Å². The smallest absolute Gasteiger partial charge is 0.155 e. The van der Waals surface area contributed by atoms with Gasteiger partial charge in [-0.3, -0.25) is 4.99 Å². The second-order valence-corrected chi connectivity index (χ2v) is 1.46. The Morgan fingerprint density at radius 2 is 2.67 bits per heavy atom. The van der Waals surface area contributed by atoms with Crippen LogP contribution in [0.5, 0.6) is 0 Å². The van der Waals surface area contributed by atoms with Gasteiger partial charge in [0.2, 0.25) is 0 Å². The molecule has 0 aromatic carbocycles. The Balaban J connectivity index is 2.45. The van der Waals surface area contributed by atoms with E-state index in [4.69, 9.17) is 4.74 Å². The number of hydrogen-bond acceptors (Lipinski definition) is 2. The second-order valence-electron chi connectivity index (χ2n) is 1.04. The number of aliphatic imine (C=N–C) groups is 1. The molecule has 1 heterocycles. The van der Waals surface area contributed by atoms with Crippen LogP contribution in [-0.4, -0.2) is 28.9 Å². The molecule has 3 radical (unpaired) electrons. The van der Waals surface area contributed by atoms with Crippen LogP contribution in [0.15, 0.2) is 4.99 Å². The van der Waals surface area contributed by atoms with E-state index in [0.29, 0.717) is 5.52 Å². The minimum atomic E-state index is 0.634. The van der Waals surface area contributed by atoms with Crippen LogP contribution in [0.3, 0.4) is 0 Å². The molecule has 0 unspecified atom stereocenters. The van der Waals surface area contributed by atoms with Gasteiger partial charge in [0, 0.05) is 0 Å². The maximum Gasteiger partial charge on any atom is 0.155 e. The number of rotatable bonds is 0. The Hall–Kier alpha value is -0.313. The molecule has 0 saturated heterocycles. The van der Waals surface area contributed by atoms with E-state index in [-0.39, 0.29) is 0 Å². The number of nitrogens with zero attached hydrogens (tertiary/aromatic N) is 1. The molecule has 0 spiro atoms. The van der Waals surface area contributed by atoms with Gasteiger partial charge in [-0.2, -0.15) is 0 Å². The van der Waals surface area contributed by atoms with Gasteiger partial charge in [0.05, 0.1) is 6.54 Å². The first-order valence-electron chi connectivity index (χ1n) is 1.78. The quantitative estimate of drug-likeness (QED) is 0.376. The van der Waals surface area contributed by atoms with E-state index in [1.54, 1.807) is 0 Å². The van der Waals surface area contributed by atoms with Gasteiger partial charge in [-0.15, -0.1) is 0 Å². The highest BCUT2D eigenvalue weighted by Crippen LogP contribution is 1.86. The average molecular weight is 98.2 g/mol. The fraction of sp³-hybridized carbons (Fsp3) is 0.667. The summed E-state index contributed by atoms with van der Waals surface area (Å²) in [6, 6.07) is 0. The van der Waals surface area contributed by atoms with Crippen molar-refractivity contribution in [1.82, 2.24) is 0 Å². The maximum absolute atomic E-state index is 4.82. The van der Waals surface area contributed by atoms with Gasteiger partial charge in [0.25, 0.3) is 0 Å². The summed E-state index contributed by atoms with van der Waals surface area (Å²) in [6.07, 6.45) is 0. The molecule has 2 nitrogen and oxygen atoms in total. The van der Waals surface area contributed by atoms with E-state index in [2.05, 4.69) is 15.2 Å². The second kappa shape index (κ2) is 1.42. The van der Waals surface area contributed by atoms with Crippen LogP contribution in [-0.2, 0) is 4.74 Å². The van der Waals surface area contributed by atoms with E-state index >= 15 is 0 Å². The zero-order valence-electron chi connectivity index (χ0n) is 3.27. The summed E-state index contributed by atoms with van der Waals surface area (Å²) in [5.74, 6) is 0. The molecule has 1 aliphatic rings. The lowest BCUT2D eigenvalue weighted by molar-refractivity contribution is 0.355. The SMILES string of the molecule is [Si]C1=NCCO1. The first kappa shape index (κ1) is 3.86. The Labute approximate surface area is 39.6 Å². The molecule has 0 bridgehead atoms. The van der Waals surface area contributed by atoms with Crippen molar-refractivity contribution in [3.63, 3.8) is 0 Å². The molecule has 31 valence electrons. The van der Waals surface area contributed by atoms with Crippen LogP contribution in [0.1, 0.15) is 0 Å². The van der Waals surface area contributed by atoms with E-state index in [0.717, 1.165) is 13.2 Å². The zero-order valence-corrected chi connectivity index (χ0v) is 4.27. The van der Waals surface area contributed by atoms with Crippen molar-refractivity contribution in [2.45, 2.75) is 0 Å². The first-order valence-corrected chi connectivity index (χ1v) is 2.28. The lowest BCUT2D eigenvalue weighted by Crippen LogP contribution is -1.94. The number of hydrogen-bond donors (Lipinski definition) is 0. The van der Waals surface area contributed by atoms with Gasteiger partial charge in [0.15, 0.2) is 10.2 Å². The van der Waals surface area contributed by atoms with Gasteiger partial charge in [-0.1, -0.05) is 0 Å². The van der Waals surface area contributed by atoms with Crippen molar-refractivity contribution in [3.05, 3.63) is 0 Å². The van der Waals surface area contributed by atoms with Crippen LogP contribution >= 0.6 is 0 Å². The third kappa shape index (κ3) is 0.595. The Bertz CT molecular complexity index is 80.9. The van der Waals surface area contributed by atoms with E-state index < -0.39 is 0 Å². The van der Waals surface area contributed by atoms with Gasteiger partial charge in [0.1, 0.15) is 12.1 Å². The lowest BCUT2D eigenvalue weighted by atomic mass is 10.8. The Morgan fingerprint density at radius 1 is 1.83 bits per heavy atom. The van der Waals surface area contributed by atoms with E-state index in [9.17, 15) is 0 Å². The standard InChI is InChI=1S/C3H4NOSi/c6-3-4-1-2-5-3/h1-2H2. The van der Waals surface area contributed by atoms with Crippen LogP contribution in [0.2, 0.25) is 0 Å². The van der Waals surface area contributed by atoms with Crippen molar-refractivity contribution in [3.8, 4) is 0 Å². The molecule has 0 aromatic rings. The predicted octanol–water partition coefficient (Wildman–Crippen LogP) is -0.459. The van der Waals surface area contributed by atoms with E-state index in [1.165, 1.54) is 0 Å². The van der Waals surface area contributed by atoms with Crippen molar-refractivity contribution < 1.29 is 4.74 Å². The molecule has 0 aliphatic carbocycles. The predicted molar refractivity (Wildman–Crippen MR) is 24.0 cm³/mol. The van der Waals surface area contributed by atoms with Crippen molar-refractivity contribution >= 4 is 15.8 Å². The zero-order chi connectivity index (χ0) is 4.41. The highest BCUT2D eigenvalue weighted by molar-refractivity contribution is 6.57. The van der Waals surface area contributed by atoms with Crippen molar-refractivity contribution in [2.24, 2.45) is 4.99 Å². The molecule has 0 amide bonds. The van der Waals surface area contributed by atoms with Gasteiger partial charge < -0.3 is 4.74 Å². The molecule has 0 saturated carbocycles. The third-order valence-corrected chi connectivity index (χ3v) is 0.888. The van der Waals surface area contributed by atoms with Gasteiger partial charge in [-0.25, -0.2) is 0 Å². The summed E-state index contributed by atoms with van der Waals surface area (Å²) < 4.78 is 4.82. The summed E-state index contributed by atoms with van der Waals surface area (Å²) in [6.45, 7) is 1.54. The highest BCUT2D eigenvalue weighted by Gasteiger charge is 1.96. The topological polar surface area (TPSA) is 21.6 Å². The molecule has 0 fully saturated rings. The lowest BCUT2D eigenvalue weighted by Gasteiger charge is -1.86. The Kier molecular flexibility index (Phi) is 0.917. The van der Waals surface area contributed by atoms with Crippen molar-refractivity contribution in [1.29, 1.82) is 0 Å². The summed E-state index contributed by atoms with van der Waals surface area (Å²) in [7, 11) is 3.11. The fourth-order valence-corrected chi connectivity index (χ4v) is 0.549. The monoisotopic (exact) mass is 98.0 g/mol. The molecular formula is C3H4NOSi. The summed E-state index contributed by atoms with van der Waals surface area (Å²) in [5.41, 5.74) is 0.634. The molecule has 6 heavy (non-hydrogen) atoms. The third-order valence-electron chi connectivity index (χ3n) is 0.585. The van der Waals surface area contributed by atoms with Crippen LogP contribution in [0.4, 0.5) is 0 Å². The minimum absolute atomic E-state index is 0.634. The molecular weight excluding hydrogens is 94.1 g/mol.